The number of hydrogen-bond donors (Lipinski definition) is 2. The van der Waals surface area contributed by atoms with Gasteiger partial charge in [-0.1, -0.05) is 23.7 Å². The first-order valence-electron chi connectivity index (χ1n) is 6.40. The fourth-order valence-electron chi connectivity index (χ4n) is 2.03. The standard InChI is InChI=1S/C16H17ClN2O/c1-11-6-12(2)8-15(7-11)19-16(20)10-18-14-5-3-4-13(17)9-14/h3-9,18H,10H2,1-2H3,(H,19,20). The molecule has 0 aliphatic rings. The Labute approximate surface area is 124 Å². The van der Waals surface area contributed by atoms with E-state index in [9.17, 15) is 4.79 Å². The number of anilines is 2. The van der Waals surface area contributed by atoms with Crippen molar-refractivity contribution in [2.24, 2.45) is 0 Å². The number of aryl methyl sites for hydroxylation is 2. The summed E-state index contributed by atoms with van der Waals surface area (Å²) in [5, 5.41) is 6.56. The van der Waals surface area contributed by atoms with Gasteiger partial charge in [0.1, 0.15) is 0 Å². The lowest BCUT2D eigenvalue weighted by Gasteiger charge is -2.09. The topological polar surface area (TPSA) is 41.1 Å². The predicted octanol–water partition coefficient (Wildman–Crippen LogP) is 4.01. The number of rotatable bonds is 4. The van der Waals surface area contributed by atoms with Gasteiger partial charge in [0.25, 0.3) is 0 Å². The minimum atomic E-state index is -0.0880. The molecule has 0 radical (unpaired) electrons. The van der Waals surface area contributed by atoms with E-state index in [4.69, 9.17) is 11.6 Å². The van der Waals surface area contributed by atoms with Gasteiger partial charge in [0.05, 0.1) is 6.54 Å². The van der Waals surface area contributed by atoms with Gasteiger partial charge in [-0.25, -0.2) is 0 Å². The molecule has 2 rings (SSSR count). The molecule has 0 saturated carbocycles. The zero-order valence-corrected chi connectivity index (χ0v) is 12.3. The Bertz CT molecular complexity index is 605. The number of halogens is 1. The summed E-state index contributed by atoms with van der Waals surface area (Å²) in [7, 11) is 0. The molecule has 0 aromatic heterocycles. The van der Waals surface area contributed by atoms with Gasteiger partial charge in [-0.05, 0) is 55.3 Å². The zero-order valence-electron chi connectivity index (χ0n) is 11.5. The van der Waals surface area contributed by atoms with Crippen LogP contribution in [0.15, 0.2) is 42.5 Å². The van der Waals surface area contributed by atoms with Crippen molar-refractivity contribution in [3.8, 4) is 0 Å². The Morgan fingerprint density at radius 3 is 2.40 bits per heavy atom. The van der Waals surface area contributed by atoms with E-state index in [1.165, 1.54) is 0 Å². The monoisotopic (exact) mass is 288 g/mol. The van der Waals surface area contributed by atoms with Crippen LogP contribution in [0.3, 0.4) is 0 Å². The minimum Gasteiger partial charge on any atom is -0.376 e. The first-order valence-corrected chi connectivity index (χ1v) is 6.78. The zero-order chi connectivity index (χ0) is 14.5. The van der Waals surface area contributed by atoms with Gasteiger partial charge >= 0.3 is 0 Å². The Kier molecular flexibility index (Phi) is 4.64. The van der Waals surface area contributed by atoms with Crippen molar-refractivity contribution < 1.29 is 4.79 Å². The second-order valence-corrected chi connectivity index (χ2v) is 5.22. The van der Waals surface area contributed by atoms with Gasteiger partial charge in [-0.3, -0.25) is 4.79 Å². The maximum atomic E-state index is 11.9. The third kappa shape index (κ3) is 4.28. The van der Waals surface area contributed by atoms with Gasteiger partial charge in [0, 0.05) is 16.4 Å². The van der Waals surface area contributed by atoms with Gasteiger partial charge < -0.3 is 10.6 Å². The molecule has 0 heterocycles. The number of benzene rings is 2. The molecule has 20 heavy (non-hydrogen) atoms. The predicted molar refractivity (Wildman–Crippen MR) is 84.5 cm³/mol. The van der Waals surface area contributed by atoms with Gasteiger partial charge in [0.15, 0.2) is 0 Å². The van der Waals surface area contributed by atoms with Crippen molar-refractivity contribution in [3.63, 3.8) is 0 Å². The Balaban J connectivity index is 1.92. The summed E-state index contributed by atoms with van der Waals surface area (Å²) in [6.07, 6.45) is 0. The van der Waals surface area contributed by atoms with E-state index >= 15 is 0 Å². The summed E-state index contributed by atoms with van der Waals surface area (Å²) in [5.74, 6) is -0.0880. The summed E-state index contributed by atoms with van der Waals surface area (Å²) in [5.41, 5.74) is 3.90. The molecule has 0 bridgehead atoms. The molecule has 104 valence electrons. The lowest BCUT2D eigenvalue weighted by molar-refractivity contribution is -0.114. The van der Waals surface area contributed by atoms with E-state index in [1.807, 2.05) is 38.1 Å². The van der Waals surface area contributed by atoms with Crippen LogP contribution >= 0.6 is 11.6 Å². The van der Waals surface area contributed by atoms with Crippen molar-refractivity contribution in [2.75, 3.05) is 17.2 Å². The van der Waals surface area contributed by atoms with Crippen LogP contribution in [0.4, 0.5) is 11.4 Å². The number of amides is 1. The fourth-order valence-corrected chi connectivity index (χ4v) is 2.22. The van der Waals surface area contributed by atoms with Crippen molar-refractivity contribution >= 4 is 28.9 Å². The van der Waals surface area contributed by atoms with Crippen LogP contribution in [-0.2, 0) is 4.79 Å². The SMILES string of the molecule is Cc1cc(C)cc(NC(=O)CNc2cccc(Cl)c2)c1. The molecule has 0 aliphatic carbocycles. The number of hydrogen-bond acceptors (Lipinski definition) is 2. The molecule has 0 aliphatic heterocycles. The normalized spacial score (nSPS) is 10.2. The van der Waals surface area contributed by atoms with E-state index in [2.05, 4.69) is 16.7 Å². The lowest BCUT2D eigenvalue weighted by Crippen LogP contribution is -2.21. The number of carbonyl (C=O) groups excluding carboxylic acids is 1. The van der Waals surface area contributed by atoms with Crippen molar-refractivity contribution in [1.29, 1.82) is 0 Å². The number of nitrogens with one attached hydrogen (secondary N) is 2. The van der Waals surface area contributed by atoms with Crippen LogP contribution < -0.4 is 10.6 Å². The summed E-state index contributed by atoms with van der Waals surface area (Å²) in [6, 6.07) is 13.3. The van der Waals surface area contributed by atoms with Crippen LogP contribution in [0.5, 0.6) is 0 Å². The molecule has 1 amide bonds. The highest BCUT2D eigenvalue weighted by molar-refractivity contribution is 6.30. The second-order valence-electron chi connectivity index (χ2n) is 4.79. The van der Waals surface area contributed by atoms with Crippen molar-refractivity contribution in [1.82, 2.24) is 0 Å². The smallest absolute Gasteiger partial charge is 0.243 e. The van der Waals surface area contributed by atoms with E-state index in [1.54, 1.807) is 12.1 Å². The third-order valence-electron chi connectivity index (χ3n) is 2.78. The first-order chi connectivity index (χ1) is 9.52. The molecule has 0 unspecified atom stereocenters. The minimum absolute atomic E-state index is 0.0880. The Morgan fingerprint density at radius 2 is 1.75 bits per heavy atom. The molecule has 3 nitrogen and oxygen atoms in total. The second kappa shape index (κ2) is 6.44. The summed E-state index contributed by atoms with van der Waals surface area (Å²) in [4.78, 5) is 11.9. The van der Waals surface area contributed by atoms with E-state index in [0.29, 0.717) is 5.02 Å². The maximum absolute atomic E-state index is 11.9. The molecule has 4 heteroatoms. The molecule has 0 spiro atoms. The van der Waals surface area contributed by atoms with Crippen molar-refractivity contribution in [2.45, 2.75) is 13.8 Å². The van der Waals surface area contributed by atoms with Gasteiger partial charge in [-0.2, -0.15) is 0 Å². The summed E-state index contributed by atoms with van der Waals surface area (Å²) < 4.78 is 0. The third-order valence-corrected chi connectivity index (χ3v) is 3.02. The molecule has 2 aromatic carbocycles. The average Bonchev–Trinajstić information content (AvgIpc) is 2.35. The van der Waals surface area contributed by atoms with Gasteiger partial charge in [0.2, 0.25) is 5.91 Å². The fraction of sp³-hybridized carbons (Fsp3) is 0.188. The first kappa shape index (κ1) is 14.4. The lowest BCUT2D eigenvalue weighted by atomic mass is 10.1. The van der Waals surface area contributed by atoms with Crippen LogP contribution in [0, 0.1) is 13.8 Å². The average molecular weight is 289 g/mol. The quantitative estimate of drug-likeness (QED) is 0.892. The Hall–Kier alpha value is -2.00. The van der Waals surface area contributed by atoms with Crippen molar-refractivity contribution in [3.05, 3.63) is 58.6 Å². The highest BCUT2D eigenvalue weighted by Crippen LogP contribution is 2.15. The number of carbonyl (C=O) groups is 1. The molecule has 2 aromatic rings. The van der Waals surface area contributed by atoms with Crippen LogP contribution in [0.2, 0.25) is 5.02 Å². The van der Waals surface area contributed by atoms with Crippen LogP contribution in [-0.4, -0.2) is 12.5 Å². The maximum Gasteiger partial charge on any atom is 0.243 e. The summed E-state index contributed by atoms with van der Waals surface area (Å²) >= 11 is 5.88. The Morgan fingerprint density at radius 1 is 1.05 bits per heavy atom. The van der Waals surface area contributed by atoms with Crippen LogP contribution in [0.1, 0.15) is 11.1 Å². The molecular weight excluding hydrogens is 272 g/mol. The largest absolute Gasteiger partial charge is 0.376 e. The summed E-state index contributed by atoms with van der Waals surface area (Å²) in [6.45, 7) is 4.22. The molecular formula is C16H17ClN2O. The molecule has 0 saturated heterocycles. The molecule has 0 atom stereocenters. The van der Waals surface area contributed by atoms with E-state index in [-0.39, 0.29) is 12.5 Å². The van der Waals surface area contributed by atoms with E-state index < -0.39 is 0 Å². The highest BCUT2D eigenvalue weighted by Gasteiger charge is 2.03. The van der Waals surface area contributed by atoms with E-state index in [0.717, 1.165) is 22.5 Å². The highest BCUT2D eigenvalue weighted by atomic mass is 35.5. The van der Waals surface area contributed by atoms with Gasteiger partial charge in [-0.15, -0.1) is 0 Å². The molecule has 0 fully saturated rings. The molecule has 2 N–H and O–H groups in total. The van der Waals surface area contributed by atoms with Crippen LogP contribution in [0.25, 0.3) is 0 Å².